The quantitative estimate of drug-likeness (QED) is 0.571. The third kappa shape index (κ3) is 4.71. The van der Waals surface area contributed by atoms with Gasteiger partial charge in [-0.2, -0.15) is 0 Å². The molecule has 2 aromatic carbocycles. The van der Waals surface area contributed by atoms with Crippen LogP contribution in [0, 0.1) is 6.92 Å². The molecule has 0 spiro atoms. The highest BCUT2D eigenvalue weighted by molar-refractivity contribution is 7.99. The molecule has 30 heavy (non-hydrogen) atoms. The fourth-order valence-corrected chi connectivity index (χ4v) is 3.70. The summed E-state index contributed by atoms with van der Waals surface area (Å²) in [6.45, 7) is 2.04. The van der Waals surface area contributed by atoms with Crippen molar-refractivity contribution in [3.05, 3.63) is 59.7 Å². The lowest BCUT2D eigenvalue weighted by atomic mass is 10.1. The molecule has 0 aliphatic heterocycles. The van der Waals surface area contributed by atoms with Gasteiger partial charge in [-0.15, -0.1) is 10.2 Å². The molecule has 8 heteroatoms. The lowest BCUT2D eigenvalue weighted by Crippen LogP contribution is -2.27. The van der Waals surface area contributed by atoms with Crippen LogP contribution >= 0.6 is 11.8 Å². The van der Waals surface area contributed by atoms with Gasteiger partial charge in [-0.1, -0.05) is 53.7 Å². The smallest absolute Gasteiger partial charge is 0.253 e. The van der Waals surface area contributed by atoms with Gasteiger partial charge in [0.15, 0.2) is 11.0 Å². The zero-order chi connectivity index (χ0) is 21.1. The van der Waals surface area contributed by atoms with E-state index in [1.165, 1.54) is 17.3 Å². The summed E-state index contributed by atoms with van der Waals surface area (Å²) < 4.78 is 1.87. The number of anilines is 1. The minimum Gasteiger partial charge on any atom is -0.349 e. The van der Waals surface area contributed by atoms with Crippen LogP contribution < -0.4 is 10.6 Å². The Morgan fingerprint density at radius 3 is 2.57 bits per heavy atom. The zero-order valence-electron chi connectivity index (χ0n) is 16.9. The Labute approximate surface area is 179 Å². The molecule has 0 atom stereocenters. The van der Waals surface area contributed by atoms with E-state index in [1.54, 1.807) is 24.3 Å². The van der Waals surface area contributed by atoms with Gasteiger partial charge in [0.05, 0.1) is 17.0 Å². The number of amides is 2. The highest BCUT2D eigenvalue weighted by Gasteiger charge is 2.25. The summed E-state index contributed by atoms with van der Waals surface area (Å²) >= 11 is 1.30. The number of rotatable bonds is 7. The van der Waals surface area contributed by atoms with E-state index in [2.05, 4.69) is 20.8 Å². The van der Waals surface area contributed by atoms with Crippen molar-refractivity contribution in [3.8, 4) is 11.4 Å². The molecule has 2 amide bonds. The molecular weight excluding hydrogens is 398 g/mol. The zero-order valence-corrected chi connectivity index (χ0v) is 17.7. The standard InChI is InChI=1S/C22H23N5O2S/c1-14-7-9-15(10-8-14)20-25-26-22(27(20)2)30-13-19(28)24-18-6-4-3-5-17(18)21(29)23-16-11-12-16/h3-10,16H,11-13H2,1-2H3,(H,23,29)(H,24,28). The highest BCUT2D eigenvalue weighted by atomic mass is 32.2. The monoisotopic (exact) mass is 421 g/mol. The van der Waals surface area contributed by atoms with Crippen LogP contribution in [-0.4, -0.2) is 38.4 Å². The highest BCUT2D eigenvalue weighted by Crippen LogP contribution is 2.24. The van der Waals surface area contributed by atoms with E-state index in [0.29, 0.717) is 16.4 Å². The molecule has 0 radical (unpaired) electrons. The van der Waals surface area contributed by atoms with E-state index in [4.69, 9.17) is 0 Å². The summed E-state index contributed by atoms with van der Waals surface area (Å²) in [6.07, 6.45) is 2.03. The number of aryl methyl sites for hydroxylation is 1. The number of hydrogen-bond donors (Lipinski definition) is 2. The summed E-state index contributed by atoms with van der Waals surface area (Å²) in [6, 6.07) is 15.4. The summed E-state index contributed by atoms with van der Waals surface area (Å²) in [5, 5.41) is 14.9. The molecule has 1 fully saturated rings. The molecule has 0 unspecified atom stereocenters. The maximum absolute atomic E-state index is 12.5. The predicted octanol–water partition coefficient (Wildman–Crippen LogP) is 3.41. The summed E-state index contributed by atoms with van der Waals surface area (Å²) in [4.78, 5) is 24.9. The summed E-state index contributed by atoms with van der Waals surface area (Å²) in [5.74, 6) is 0.557. The minimum atomic E-state index is -0.202. The third-order valence-corrected chi connectivity index (χ3v) is 5.86. The average molecular weight is 422 g/mol. The van der Waals surface area contributed by atoms with Crippen LogP contribution in [0.15, 0.2) is 53.7 Å². The first-order chi connectivity index (χ1) is 14.5. The summed E-state index contributed by atoms with van der Waals surface area (Å²) in [7, 11) is 1.88. The Kier molecular flexibility index (Phi) is 5.85. The molecule has 1 aliphatic rings. The third-order valence-electron chi connectivity index (χ3n) is 4.84. The van der Waals surface area contributed by atoms with Crippen LogP contribution in [-0.2, 0) is 11.8 Å². The molecule has 1 aliphatic carbocycles. The first-order valence-corrected chi connectivity index (χ1v) is 10.8. The Morgan fingerprint density at radius 1 is 1.10 bits per heavy atom. The van der Waals surface area contributed by atoms with E-state index in [-0.39, 0.29) is 23.6 Å². The van der Waals surface area contributed by atoms with Gasteiger partial charge in [0.2, 0.25) is 5.91 Å². The average Bonchev–Trinajstić information content (AvgIpc) is 3.48. The predicted molar refractivity (Wildman–Crippen MR) is 117 cm³/mol. The molecule has 154 valence electrons. The van der Waals surface area contributed by atoms with Crippen LogP contribution in [0.4, 0.5) is 5.69 Å². The first-order valence-electron chi connectivity index (χ1n) is 9.80. The molecule has 0 bridgehead atoms. The van der Waals surface area contributed by atoms with Crippen molar-refractivity contribution in [1.82, 2.24) is 20.1 Å². The van der Waals surface area contributed by atoms with Crippen molar-refractivity contribution in [3.63, 3.8) is 0 Å². The second-order valence-electron chi connectivity index (χ2n) is 7.36. The number of benzene rings is 2. The molecule has 1 saturated carbocycles. The number of thioether (sulfide) groups is 1. The lowest BCUT2D eigenvalue weighted by molar-refractivity contribution is -0.113. The molecule has 1 aromatic heterocycles. The second kappa shape index (κ2) is 8.71. The van der Waals surface area contributed by atoms with Crippen molar-refractivity contribution in [1.29, 1.82) is 0 Å². The number of carbonyl (C=O) groups is 2. The SMILES string of the molecule is Cc1ccc(-c2nnc(SCC(=O)Nc3ccccc3C(=O)NC3CC3)n2C)cc1. The Hall–Kier alpha value is -3.13. The van der Waals surface area contributed by atoms with E-state index in [9.17, 15) is 9.59 Å². The first kappa shape index (κ1) is 20.2. The molecule has 7 nitrogen and oxygen atoms in total. The van der Waals surface area contributed by atoms with Crippen molar-refractivity contribution in [2.24, 2.45) is 7.05 Å². The second-order valence-corrected chi connectivity index (χ2v) is 8.30. The number of hydrogen-bond acceptors (Lipinski definition) is 5. The fraction of sp³-hybridized carbons (Fsp3) is 0.273. The van der Waals surface area contributed by atoms with Gasteiger partial charge in [0.1, 0.15) is 0 Å². The van der Waals surface area contributed by atoms with Gasteiger partial charge in [-0.05, 0) is 31.9 Å². The maximum Gasteiger partial charge on any atom is 0.253 e. The number of nitrogens with one attached hydrogen (secondary N) is 2. The Bertz CT molecular complexity index is 1070. The largest absolute Gasteiger partial charge is 0.349 e. The lowest BCUT2D eigenvalue weighted by Gasteiger charge is -2.11. The summed E-state index contributed by atoms with van der Waals surface area (Å²) in [5.41, 5.74) is 3.14. The number of nitrogens with zero attached hydrogens (tertiary/aromatic N) is 3. The van der Waals surface area contributed by atoms with Gasteiger partial charge in [-0.3, -0.25) is 9.59 Å². The van der Waals surface area contributed by atoms with Crippen LogP contribution in [0.2, 0.25) is 0 Å². The molecule has 4 rings (SSSR count). The van der Waals surface area contributed by atoms with Crippen LogP contribution in [0.25, 0.3) is 11.4 Å². The number of para-hydroxylation sites is 1. The van der Waals surface area contributed by atoms with Gasteiger partial charge in [0, 0.05) is 18.7 Å². The van der Waals surface area contributed by atoms with Crippen LogP contribution in [0.1, 0.15) is 28.8 Å². The van der Waals surface area contributed by atoms with Gasteiger partial charge < -0.3 is 15.2 Å². The Balaban J connectivity index is 1.39. The van der Waals surface area contributed by atoms with Crippen LogP contribution in [0.5, 0.6) is 0 Å². The molecule has 2 N–H and O–H groups in total. The van der Waals surface area contributed by atoms with Gasteiger partial charge in [0.25, 0.3) is 5.91 Å². The van der Waals surface area contributed by atoms with Crippen molar-refractivity contribution >= 4 is 29.3 Å². The number of carbonyl (C=O) groups excluding carboxylic acids is 2. The molecule has 1 heterocycles. The van der Waals surface area contributed by atoms with E-state index >= 15 is 0 Å². The van der Waals surface area contributed by atoms with Crippen molar-refractivity contribution in [2.75, 3.05) is 11.1 Å². The van der Waals surface area contributed by atoms with Crippen LogP contribution in [0.3, 0.4) is 0 Å². The minimum absolute atomic E-state index is 0.155. The molecular formula is C22H23N5O2S. The molecule has 0 saturated heterocycles. The Morgan fingerprint density at radius 2 is 1.83 bits per heavy atom. The topological polar surface area (TPSA) is 88.9 Å². The van der Waals surface area contributed by atoms with Gasteiger partial charge in [-0.25, -0.2) is 0 Å². The van der Waals surface area contributed by atoms with E-state index in [1.807, 2.05) is 42.8 Å². The fourth-order valence-electron chi connectivity index (χ4n) is 2.99. The normalized spacial score (nSPS) is 13.1. The van der Waals surface area contributed by atoms with Crippen molar-refractivity contribution in [2.45, 2.75) is 31.0 Å². The maximum atomic E-state index is 12.5. The van der Waals surface area contributed by atoms with E-state index < -0.39 is 0 Å². The van der Waals surface area contributed by atoms with Crippen molar-refractivity contribution < 1.29 is 9.59 Å². The van der Waals surface area contributed by atoms with E-state index in [0.717, 1.165) is 24.2 Å². The number of aromatic nitrogens is 3. The van der Waals surface area contributed by atoms with Gasteiger partial charge >= 0.3 is 0 Å². The molecule has 3 aromatic rings.